The molecule has 55 heavy (non-hydrogen) atoms. The molecule has 4 aromatic rings. The van der Waals surface area contributed by atoms with Crippen LogP contribution in [-0.2, 0) is 27.9 Å². The van der Waals surface area contributed by atoms with Gasteiger partial charge in [-0.1, -0.05) is 24.3 Å². The van der Waals surface area contributed by atoms with Gasteiger partial charge in [-0.3, -0.25) is 4.79 Å². The number of amides is 1. The molecule has 6 rings (SSSR count). The maximum atomic E-state index is 15.4. The van der Waals surface area contributed by atoms with E-state index in [4.69, 9.17) is 4.74 Å². The second kappa shape index (κ2) is 16.4. The van der Waals surface area contributed by atoms with Crippen LogP contribution in [0.25, 0.3) is 0 Å². The number of ether oxygens (including phenoxy) is 1. The first-order valence-corrected chi connectivity index (χ1v) is 19.7. The number of halogens is 5. The van der Waals surface area contributed by atoms with E-state index in [0.29, 0.717) is 15.8 Å². The summed E-state index contributed by atoms with van der Waals surface area (Å²) in [6.45, 7) is 1.41. The number of sulfonamides is 1. The lowest BCUT2D eigenvalue weighted by atomic mass is 10.0. The first-order chi connectivity index (χ1) is 26.2. The Morgan fingerprint density at radius 2 is 1.65 bits per heavy atom. The van der Waals surface area contributed by atoms with Crippen molar-refractivity contribution in [3.63, 3.8) is 0 Å². The van der Waals surface area contributed by atoms with Crippen molar-refractivity contribution in [1.82, 2.24) is 4.31 Å². The van der Waals surface area contributed by atoms with Crippen molar-refractivity contribution in [3.05, 3.63) is 116 Å². The van der Waals surface area contributed by atoms with Crippen LogP contribution in [0.5, 0.6) is 5.75 Å². The summed E-state index contributed by atoms with van der Waals surface area (Å²) in [6, 6.07) is 17.5. The van der Waals surface area contributed by atoms with Crippen molar-refractivity contribution < 1.29 is 45.4 Å². The monoisotopic (exact) mass is 842 g/mol. The minimum absolute atomic E-state index is 0.00256. The van der Waals surface area contributed by atoms with Crippen LogP contribution in [0.3, 0.4) is 0 Å². The third kappa shape index (κ3) is 8.34. The van der Waals surface area contributed by atoms with Gasteiger partial charge in [-0.2, -0.15) is 9.57 Å². The Balaban J connectivity index is 1.49. The van der Waals surface area contributed by atoms with Gasteiger partial charge in [-0.05, 0) is 108 Å². The normalized spacial score (nSPS) is 14.3. The van der Waals surface area contributed by atoms with Gasteiger partial charge in [0.05, 0.1) is 47.1 Å². The van der Waals surface area contributed by atoms with Gasteiger partial charge in [0.15, 0.2) is 23.3 Å². The van der Waals surface area contributed by atoms with E-state index in [0.717, 1.165) is 50.0 Å². The third-order valence-corrected chi connectivity index (χ3v) is 12.4. The van der Waals surface area contributed by atoms with Crippen LogP contribution in [0.1, 0.15) is 71.1 Å². The quantitative estimate of drug-likeness (QED) is 0.0772. The minimum atomic E-state index is -5.40. The van der Waals surface area contributed by atoms with Crippen molar-refractivity contribution in [1.29, 1.82) is 5.26 Å². The summed E-state index contributed by atoms with van der Waals surface area (Å²) >= 11 is 2.57. The van der Waals surface area contributed by atoms with Gasteiger partial charge in [0.2, 0.25) is 15.9 Å². The predicted octanol–water partition coefficient (Wildman–Crippen LogP) is 7.88. The highest BCUT2D eigenvalue weighted by Crippen LogP contribution is 2.43. The molecular weight excluding hydrogens is 808 g/mol. The highest BCUT2D eigenvalue weighted by Gasteiger charge is 2.38. The van der Waals surface area contributed by atoms with Crippen molar-refractivity contribution in [2.75, 3.05) is 36.0 Å². The van der Waals surface area contributed by atoms with Crippen molar-refractivity contribution >= 4 is 49.2 Å². The maximum absolute atomic E-state index is 15.4. The molecule has 1 saturated carbocycles. The fourth-order valence-electron chi connectivity index (χ4n) is 6.59. The van der Waals surface area contributed by atoms with Crippen molar-refractivity contribution in [2.45, 2.75) is 56.5 Å². The molecule has 0 atom stereocenters. The summed E-state index contributed by atoms with van der Waals surface area (Å²) in [5.74, 6) is -10.7. The van der Waals surface area contributed by atoms with Crippen LogP contribution in [0.4, 0.5) is 28.9 Å². The summed E-state index contributed by atoms with van der Waals surface area (Å²) in [5.41, 5.74) is 2.69. The number of benzene rings is 4. The maximum Gasteiger partial charge on any atom is 0.335 e. The van der Waals surface area contributed by atoms with E-state index in [2.05, 4.69) is 26.9 Å². The first kappa shape index (κ1) is 39.7. The number of carboxylic acids is 1. The van der Waals surface area contributed by atoms with E-state index in [1.54, 1.807) is 6.92 Å². The second-order valence-electron chi connectivity index (χ2n) is 13.2. The number of anilines is 2. The molecule has 1 amide bonds. The van der Waals surface area contributed by atoms with Crippen LogP contribution in [-0.4, -0.2) is 55.9 Å². The molecule has 0 radical (unpaired) electrons. The van der Waals surface area contributed by atoms with Gasteiger partial charge in [0, 0.05) is 25.3 Å². The zero-order chi connectivity index (χ0) is 39.6. The van der Waals surface area contributed by atoms with Crippen LogP contribution in [0.15, 0.2) is 70.0 Å². The van der Waals surface area contributed by atoms with Crippen LogP contribution >= 0.6 is 15.9 Å². The van der Waals surface area contributed by atoms with E-state index in [-0.39, 0.29) is 41.3 Å². The number of carbonyl (C=O) groups excluding carboxylic acids is 1. The number of rotatable bonds is 14. The zero-order valence-corrected chi connectivity index (χ0v) is 31.9. The standard InChI is InChI=1S/C39H35BrF4N4O6S/c1-2-54-31-18-25(39(50)51)11-12-30(31)48(20-23-15-28(24-9-10-24)17-29(16-23)46-13-5-6-14-46)32(49)22-47(21-27-8-4-3-7-26(27)19-45)55(52,53)38-33(40)34(41)35(42)36(43)37(38)44/h3-4,7-8,11-12,15-18,24H,2,5-6,9-10,13-14,20-22H2,1H3,(H,50,51). The predicted molar refractivity (Wildman–Crippen MR) is 198 cm³/mol. The summed E-state index contributed by atoms with van der Waals surface area (Å²) < 4.78 is 92.6. The topological polar surface area (TPSA) is 131 Å². The lowest BCUT2D eigenvalue weighted by Crippen LogP contribution is -2.43. The van der Waals surface area contributed by atoms with E-state index in [1.165, 1.54) is 47.4 Å². The largest absolute Gasteiger partial charge is 0.492 e. The summed E-state index contributed by atoms with van der Waals surface area (Å²) in [5, 5.41) is 19.5. The molecule has 1 saturated heterocycles. The van der Waals surface area contributed by atoms with Crippen molar-refractivity contribution in [2.24, 2.45) is 0 Å². The number of nitriles is 1. The van der Waals surface area contributed by atoms with Gasteiger partial charge in [-0.15, -0.1) is 0 Å². The number of hydrogen-bond acceptors (Lipinski definition) is 7. The Kier molecular flexibility index (Phi) is 11.8. The Morgan fingerprint density at radius 1 is 0.964 bits per heavy atom. The Hall–Kier alpha value is -4.98. The molecule has 10 nitrogen and oxygen atoms in total. The lowest BCUT2D eigenvalue weighted by Gasteiger charge is -2.30. The fraction of sp³-hybridized carbons (Fsp3) is 0.308. The average Bonchev–Trinajstić information content (AvgIpc) is 3.88. The second-order valence-corrected chi connectivity index (χ2v) is 15.9. The molecule has 1 N–H and O–H groups in total. The molecule has 1 aliphatic heterocycles. The molecule has 288 valence electrons. The molecule has 2 aliphatic rings. The van der Waals surface area contributed by atoms with Crippen molar-refractivity contribution in [3.8, 4) is 11.8 Å². The first-order valence-electron chi connectivity index (χ1n) is 17.4. The van der Waals surface area contributed by atoms with E-state index < -0.39 is 67.6 Å². The van der Waals surface area contributed by atoms with E-state index in [1.807, 2.05) is 18.2 Å². The van der Waals surface area contributed by atoms with Crippen LogP contribution in [0.2, 0.25) is 0 Å². The smallest absolute Gasteiger partial charge is 0.335 e. The summed E-state index contributed by atoms with van der Waals surface area (Å²) in [6.07, 6.45) is 4.01. The molecule has 0 aromatic heterocycles. The number of nitrogens with zero attached hydrogens (tertiary/aromatic N) is 4. The molecule has 1 heterocycles. The van der Waals surface area contributed by atoms with Gasteiger partial charge in [0.25, 0.3) is 0 Å². The molecule has 1 aliphatic carbocycles. The SMILES string of the molecule is CCOc1cc(C(=O)O)ccc1N(Cc1cc(C2CC2)cc(N2CCCC2)c1)C(=O)CN(Cc1ccccc1C#N)S(=O)(=O)c1c(F)c(F)c(F)c(F)c1Br. The molecule has 4 aromatic carbocycles. The lowest BCUT2D eigenvalue weighted by molar-refractivity contribution is -0.119. The number of aromatic carboxylic acids is 1. The molecule has 0 bridgehead atoms. The van der Waals surface area contributed by atoms with Crippen LogP contribution < -0.4 is 14.5 Å². The van der Waals surface area contributed by atoms with Gasteiger partial charge in [-0.25, -0.2) is 30.8 Å². The number of hydrogen-bond donors (Lipinski definition) is 1. The fourth-order valence-corrected chi connectivity index (χ4v) is 9.03. The molecule has 0 unspecified atom stereocenters. The average molecular weight is 844 g/mol. The van der Waals surface area contributed by atoms with Gasteiger partial charge in [0.1, 0.15) is 10.6 Å². The Labute approximate surface area is 323 Å². The van der Waals surface area contributed by atoms with Crippen LogP contribution in [0, 0.1) is 34.6 Å². The summed E-state index contributed by atoms with van der Waals surface area (Å²) in [4.78, 5) is 28.5. The summed E-state index contributed by atoms with van der Waals surface area (Å²) in [7, 11) is -5.40. The third-order valence-electron chi connectivity index (χ3n) is 9.52. The molecule has 0 spiro atoms. The molecule has 2 fully saturated rings. The molecule has 16 heteroatoms. The van der Waals surface area contributed by atoms with E-state index >= 15 is 4.39 Å². The Morgan fingerprint density at radius 3 is 2.31 bits per heavy atom. The highest BCUT2D eigenvalue weighted by atomic mass is 79.9. The molecular formula is C39H35BrF4N4O6S. The zero-order valence-electron chi connectivity index (χ0n) is 29.5. The number of carboxylic acid groups (broad SMARTS) is 1. The Bertz CT molecular complexity index is 2280. The van der Waals surface area contributed by atoms with Gasteiger partial charge >= 0.3 is 5.97 Å². The minimum Gasteiger partial charge on any atom is -0.492 e. The van der Waals surface area contributed by atoms with E-state index in [9.17, 15) is 41.5 Å². The number of carbonyl (C=O) groups is 2. The highest BCUT2D eigenvalue weighted by molar-refractivity contribution is 9.10. The van der Waals surface area contributed by atoms with Gasteiger partial charge < -0.3 is 19.6 Å².